The van der Waals surface area contributed by atoms with Gasteiger partial charge >= 0.3 is 0 Å². The molecule has 0 aliphatic carbocycles. The van der Waals surface area contributed by atoms with E-state index >= 15 is 0 Å². The predicted molar refractivity (Wildman–Crippen MR) is 90.7 cm³/mol. The van der Waals surface area contributed by atoms with Crippen molar-refractivity contribution in [1.29, 1.82) is 0 Å². The van der Waals surface area contributed by atoms with E-state index < -0.39 is 0 Å². The molecule has 0 N–H and O–H groups in total. The monoisotopic (exact) mass is 397 g/mol. The fraction of sp³-hybridized carbons (Fsp3) is 0.235. The molecule has 2 aromatic rings. The van der Waals surface area contributed by atoms with Crippen LogP contribution in [0.5, 0.6) is 0 Å². The second-order valence-electron chi connectivity index (χ2n) is 4.83. The number of hydrogen-bond acceptors (Lipinski definition) is 1. The first kappa shape index (κ1) is 15.9. The van der Waals surface area contributed by atoms with Crippen molar-refractivity contribution in [2.24, 2.45) is 0 Å². The fourth-order valence-corrected chi connectivity index (χ4v) is 2.85. The Morgan fingerprint density at radius 3 is 2.48 bits per heavy atom. The molecule has 0 bridgehead atoms. The number of benzene rings is 2. The van der Waals surface area contributed by atoms with Crippen LogP contribution in [0.3, 0.4) is 0 Å². The minimum atomic E-state index is -0.266. The number of hydrogen-bond donors (Lipinski definition) is 0. The second kappa shape index (κ2) is 7.02. The highest BCUT2D eigenvalue weighted by Crippen LogP contribution is 2.23. The Labute approximate surface area is 138 Å². The summed E-state index contributed by atoms with van der Waals surface area (Å²) in [5.41, 5.74) is 1.61. The first-order valence-electron chi connectivity index (χ1n) is 6.85. The first-order valence-corrected chi connectivity index (χ1v) is 7.92. The van der Waals surface area contributed by atoms with Crippen molar-refractivity contribution in [2.75, 3.05) is 6.54 Å². The van der Waals surface area contributed by atoms with E-state index in [1.165, 1.54) is 12.1 Å². The quantitative estimate of drug-likeness (QED) is 0.688. The summed E-state index contributed by atoms with van der Waals surface area (Å²) < 4.78 is 14.1. The van der Waals surface area contributed by atoms with Gasteiger partial charge in [-0.25, -0.2) is 4.39 Å². The van der Waals surface area contributed by atoms with Gasteiger partial charge in [0, 0.05) is 15.7 Å². The molecule has 0 fully saturated rings. The molecule has 4 heteroatoms. The van der Waals surface area contributed by atoms with Gasteiger partial charge in [0.1, 0.15) is 5.82 Å². The van der Waals surface area contributed by atoms with Crippen LogP contribution in [0.1, 0.15) is 35.8 Å². The van der Waals surface area contributed by atoms with Gasteiger partial charge in [-0.2, -0.15) is 0 Å². The Kier molecular flexibility index (Phi) is 5.33. The third kappa shape index (κ3) is 3.81. The molecule has 0 aromatic heterocycles. The van der Waals surface area contributed by atoms with Crippen LogP contribution in [0.2, 0.25) is 0 Å². The van der Waals surface area contributed by atoms with Gasteiger partial charge in [-0.3, -0.25) is 4.79 Å². The molecule has 0 heterocycles. The summed E-state index contributed by atoms with van der Waals surface area (Å²) in [4.78, 5) is 14.4. The second-order valence-corrected chi connectivity index (χ2v) is 6.07. The van der Waals surface area contributed by atoms with Crippen LogP contribution in [0.25, 0.3) is 0 Å². The molecule has 0 radical (unpaired) electrons. The van der Waals surface area contributed by atoms with Gasteiger partial charge in [-0.1, -0.05) is 18.2 Å². The van der Waals surface area contributed by atoms with Gasteiger partial charge in [0.25, 0.3) is 5.91 Å². The van der Waals surface area contributed by atoms with Crippen LogP contribution in [-0.2, 0) is 0 Å². The highest BCUT2D eigenvalue weighted by Gasteiger charge is 2.21. The molecule has 110 valence electrons. The maximum atomic E-state index is 13.0. The summed E-state index contributed by atoms with van der Waals surface area (Å²) in [6.07, 6.45) is 0. The number of halogens is 2. The van der Waals surface area contributed by atoms with E-state index in [2.05, 4.69) is 22.6 Å². The van der Waals surface area contributed by atoms with Crippen LogP contribution in [0.4, 0.5) is 4.39 Å². The molecule has 2 nitrogen and oxygen atoms in total. The fourth-order valence-electron chi connectivity index (χ4n) is 2.30. The van der Waals surface area contributed by atoms with Crippen LogP contribution < -0.4 is 0 Å². The van der Waals surface area contributed by atoms with Crippen molar-refractivity contribution in [3.63, 3.8) is 0 Å². The summed E-state index contributed by atoms with van der Waals surface area (Å²) in [7, 11) is 0. The molecule has 0 saturated carbocycles. The molecule has 1 amide bonds. The number of carbonyl (C=O) groups excluding carboxylic acids is 1. The van der Waals surface area contributed by atoms with E-state index in [0.717, 1.165) is 9.13 Å². The molecule has 0 aliphatic heterocycles. The zero-order chi connectivity index (χ0) is 15.4. The molecule has 1 atom stereocenters. The van der Waals surface area contributed by atoms with E-state index in [0.29, 0.717) is 12.1 Å². The third-order valence-corrected chi connectivity index (χ3v) is 4.16. The lowest BCUT2D eigenvalue weighted by molar-refractivity contribution is 0.0702. The van der Waals surface area contributed by atoms with Crippen molar-refractivity contribution in [1.82, 2.24) is 4.90 Å². The van der Waals surface area contributed by atoms with Crippen molar-refractivity contribution < 1.29 is 9.18 Å². The highest BCUT2D eigenvalue weighted by atomic mass is 127. The molecule has 0 saturated heterocycles. The Balaban J connectivity index is 2.26. The standard InChI is InChI=1S/C17H17FINO/c1-3-20(12(2)13-7-9-15(18)10-8-13)17(21)14-5-4-6-16(19)11-14/h4-12H,3H2,1-2H3. The third-order valence-electron chi connectivity index (χ3n) is 3.49. The number of carbonyl (C=O) groups is 1. The molecule has 1 unspecified atom stereocenters. The average molecular weight is 397 g/mol. The van der Waals surface area contributed by atoms with Gasteiger partial charge in [0.05, 0.1) is 6.04 Å². The molecule has 2 rings (SSSR count). The maximum Gasteiger partial charge on any atom is 0.254 e. The number of amides is 1. The van der Waals surface area contributed by atoms with E-state index in [4.69, 9.17) is 0 Å². The van der Waals surface area contributed by atoms with Gasteiger partial charge in [-0.15, -0.1) is 0 Å². The van der Waals surface area contributed by atoms with E-state index in [1.54, 1.807) is 17.0 Å². The summed E-state index contributed by atoms with van der Waals surface area (Å²) in [5.74, 6) is -0.272. The van der Waals surface area contributed by atoms with E-state index in [-0.39, 0.29) is 17.8 Å². The van der Waals surface area contributed by atoms with Crippen LogP contribution in [-0.4, -0.2) is 17.4 Å². The number of nitrogens with zero attached hydrogens (tertiary/aromatic N) is 1. The lowest BCUT2D eigenvalue weighted by atomic mass is 10.1. The Bertz CT molecular complexity index is 627. The molecular formula is C17H17FINO. The minimum Gasteiger partial charge on any atom is -0.332 e. The van der Waals surface area contributed by atoms with Crippen molar-refractivity contribution in [3.8, 4) is 0 Å². The van der Waals surface area contributed by atoms with Gasteiger partial charge in [0.15, 0.2) is 0 Å². The topological polar surface area (TPSA) is 20.3 Å². The lowest BCUT2D eigenvalue weighted by Gasteiger charge is -2.28. The zero-order valence-corrected chi connectivity index (χ0v) is 14.2. The zero-order valence-electron chi connectivity index (χ0n) is 12.0. The minimum absolute atomic E-state index is 0.00663. The van der Waals surface area contributed by atoms with Crippen molar-refractivity contribution >= 4 is 28.5 Å². The molecule has 0 spiro atoms. The normalized spacial score (nSPS) is 12.0. The Morgan fingerprint density at radius 1 is 1.24 bits per heavy atom. The van der Waals surface area contributed by atoms with Crippen LogP contribution in [0, 0.1) is 9.39 Å². The van der Waals surface area contributed by atoms with E-state index in [9.17, 15) is 9.18 Å². The largest absolute Gasteiger partial charge is 0.332 e. The van der Waals surface area contributed by atoms with Crippen LogP contribution >= 0.6 is 22.6 Å². The predicted octanol–water partition coefficient (Wildman–Crippen LogP) is 4.65. The first-order chi connectivity index (χ1) is 10.0. The molecular weight excluding hydrogens is 380 g/mol. The SMILES string of the molecule is CCN(C(=O)c1cccc(I)c1)C(C)c1ccc(F)cc1. The van der Waals surface area contributed by atoms with Gasteiger partial charge in [-0.05, 0) is 72.3 Å². The average Bonchev–Trinajstić information content (AvgIpc) is 2.48. The number of rotatable bonds is 4. The lowest BCUT2D eigenvalue weighted by Crippen LogP contribution is -2.33. The van der Waals surface area contributed by atoms with Gasteiger partial charge < -0.3 is 4.90 Å². The Hall–Kier alpha value is -1.43. The summed E-state index contributed by atoms with van der Waals surface area (Å²) >= 11 is 2.19. The molecule has 2 aromatic carbocycles. The Morgan fingerprint density at radius 2 is 1.90 bits per heavy atom. The van der Waals surface area contributed by atoms with E-state index in [1.807, 2.05) is 38.1 Å². The van der Waals surface area contributed by atoms with Gasteiger partial charge in [0.2, 0.25) is 0 Å². The maximum absolute atomic E-state index is 13.0. The summed E-state index contributed by atoms with van der Waals surface area (Å²) in [6, 6.07) is 13.7. The van der Waals surface area contributed by atoms with Crippen LogP contribution in [0.15, 0.2) is 48.5 Å². The summed E-state index contributed by atoms with van der Waals surface area (Å²) in [6.45, 7) is 4.51. The smallest absolute Gasteiger partial charge is 0.254 e. The molecule has 0 aliphatic rings. The highest BCUT2D eigenvalue weighted by molar-refractivity contribution is 14.1. The van der Waals surface area contributed by atoms with Crippen molar-refractivity contribution in [3.05, 3.63) is 69.0 Å². The summed E-state index contributed by atoms with van der Waals surface area (Å²) in [5, 5.41) is 0. The van der Waals surface area contributed by atoms with Crippen molar-refractivity contribution in [2.45, 2.75) is 19.9 Å². The molecule has 21 heavy (non-hydrogen) atoms.